The molecule has 2 aromatic rings. The van der Waals surface area contributed by atoms with Crippen molar-refractivity contribution in [3.63, 3.8) is 0 Å². The lowest BCUT2D eigenvalue weighted by molar-refractivity contribution is -0.193. The number of benzene rings is 1. The van der Waals surface area contributed by atoms with E-state index in [-0.39, 0.29) is 30.4 Å². The van der Waals surface area contributed by atoms with Crippen LogP contribution in [0, 0.1) is 11.6 Å². The van der Waals surface area contributed by atoms with Gasteiger partial charge in [0.1, 0.15) is 23.2 Å². The molecule has 2 N–H and O–H groups in total. The number of rotatable bonds is 3. The Morgan fingerprint density at radius 1 is 1.26 bits per heavy atom. The average Bonchev–Trinajstić information content (AvgIpc) is 3.24. The van der Waals surface area contributed by atoms with Gasteiger partial charge in [0.2, 0.25) is 5.43 Å². The average molecular weight is 475 g/mol. The van der Waals surface area contributed by atoms with Crippen molar-refractivity contribution in [1.29, 1.82) is 0 Å². The van der Waals surface area contributed by atoms with Gasteiger partial charge in [-0.1, -0.05) is 6.07 Å². The number of pyridine rings is 1. The molecule has 2 fully saturated rings. The van der Waals surface area contributed by atoms with Crippen molar-refractivity contribution < 1.29 is 33.0 Å². The number of aromatic hydroxyl groups is 1. The van der Waals surface area contributed by atoms with Crippen LogP contribution in [0.1, 0.15) is 52.2 Å². The maximum absolute atomic E-state index is 13.9. The first-order valence-corrected chi connectivity index (χ1v) is 11.0. The predicted molar refractivity (Wildman–Crippen MR) is 113 cm³/mol. The Balaban J connectivity index is 1.54. The second kappa shape index (κ2) is 8.17. The van der Waals surface area contributed by atoms with Crippen molar-refractivity contribution in [3.8, 4) is 5.75 Å². The number of carbonyl (C=O) groups excluding carboxylic acids is 2. The predicted octanol–water partition coefficient (Wildman–Crippen LogP) is 1.68. The van der Waals surface area contributed by atoms with E-state index in [1.807, 2.05) is 6.92 Å². The molecule has 1 aromatic carbocycles. The number of aromatic nitrogens is 1. The lowest BCUT2D eigenvalue weighted by Gasteiger charge is -2.42. The summed E-state index contributed by atoms with van der Waals surface area (Å²) in [5.41, 5.74) is -1.65. The molecule has 2 unspecified atom stereocenters. The van der Waals surface area contributed by atoms with Crippen molar-refractivity contribution >= 4 is 11.8 Å². The molecule has 2 amide bonds. The maximum atomic E-state index is 13.9. The molecular formula is C23H23F2N3O6. The second-order valence-corrected chi connectivity index (χ2v) is 8.76. The van der Waals surface area contributed by atoms with Crippen LogP contribution < -0.4 is 10.7 Å². The number of hydrogen-bond donors (Lipinski definition) is 2. The Bertz CT molecular complexity index is 1240. The van der Waals surface area contributed by atoms with Gasteiger partial charge in [-0.3, -0.25) is 14.4 Å². The van der Waals surface area contributed by atoms with Gasteiger partial charge in [-0.15, -0.1) is 0 Å². The third-order valence-electron chi connectivity index (χ3n) is 6.80. The summed E-state index contributed by atoms with van der Waals surface area (Å²) in [6, 6.07) is 2.15. The summed E-state index contributed by atoms with van der Waals surface area (Å²) in [5.74, 6) is -4.91. The van der Waals surface area contributed by atoms with Crippen molar-refractivity contribution in [2.45, 2.75) is 44.2 Å². The smallest absolute Gasteiger partial charge is 0.274 e. The van der Waals surface area contributed by atoms with E-state index in [1.54, 1.807) is 4.90 Å². The number of halogens is 2. The summed E-state index contributed by atoms with van der Waals surface area (Å²) in [7, 11) is 0. The van der Waals surface area contributed by atoms with Gasteiger partial charge in [0.15, 0.2) is 17.2 Å². The highest BCUT2D eigenvalue weighted by Crippen LogP contribution is 2.44. The fourth-order valence-electron chi connectivity index (χ4n) is 4.94. The minimum Gasteiger partial charge on any atom is -0.503 e. The van der Waals surface area contributed by atoms with Crippen LogP contribution in [-0.2, 0) is 16.0 Å². The number of amides is 2. The zero-order chi connectivity index (χ0) is 24.2. The molecule has 5 rings (SSSR count). The topological polar surface area (TPSA) is 110 Å². The van der Waals surface area contributed by atoms with Crippen LogP contribution in [0.2, 0.25) is 0 Å². The van der Waals surface area contributed by atoms with Gasteiger partial charge < -0.3 is 29.4 Å². The summed E-state index contributed by atoms with van der Waals surface area (Å²) in [6.45, 7) is 2.51. The Hall–Kier alpha value is -3.31. The number of carbonyl (C=O) groups is 2. The van der Waals surface area contributed by atoms with Crippen LogP contribution >= 0.6 is 0 Å². The van der Waals surface area contributed by atoms with Crippen LogP contribution in [-0.4, -0.2) is 58.0 Å². The summed E-state index contributed by atoms with van der Waals surface area (Å²) >= 11 is 0. The maximum Gasteiger partial charge on any atom is 0.274 e. The number of hydrogen-bond acceptors (Lipinski definition) is 6. The highest BCUT2D eigenvalue weighted by molar-refractivity contribution is 5.99. The van der Waals surface area contributed by atoms with E-state index in [4.69, 9.17) is 9.47 Å². The van der Waals surface area contributed by atoms with Gasteiger partial charge in [-0.2, -0.15) is 0 Å². The molecular weight excluding hydrogens is 452 g/mol. The van der Waals surface area contributed by atoms with E-state index in [0.29, 0.717) is 32.1 Å². The lowest BCUT2D eigenvalue weighted by Crippen LogP contribution is -2.52. The van der Waals surface area contributed by atoms with Crippen LogP contribution in [0.25, 0.3) is 0 Å². The standard InChI is InChI=1S/C23H23F2N3O6/c1-12-4-5-23(33-6-7-34-23)17-11-27(12)22(32)18-20(30)19(29)15(10-28(17)18)21(31)26-9-13-2-3-14(24)8-16(13)25/h2-3,8,10,12,17,30H,4-7,9,11H2,1H3,(H,26,31). The molecule has 2 atom stereocenters. The highest BCUT2D eigenvalue weighted by atomic mass is 19.1. The van der Waals surface area contributed by atoms with E-state index in [2.05, 4.69) is 5.32 Å². The Labute approximate surface area is 192 Å². The molecule has 1 spiro atoms. The number of ether oxygens (including phenoxy) is 2. The van der Waals surface area contributed by atoms with E-state index in [1.165, 1.54) is 16.8 Å². The second-order valence-electron chi connectivity index (χ2n) is 8.76. The van der Waals surface area contributed by atoms with Crippen molar-refractivity contribution in [2.75, 3.05) is 19.8 Å². The Morgan fingerprint density at radius 3 is 2.71 bits per heavy atom. The molecule has 3 aliphatic rings. The number of nitrogens with zero attached hydrogens (tertiary/aromatic N) is 2. The first-order valence-electron chi connectivity index (χ1n) is 11.0. The third-order valence-corrected chi connectivity index (χ3v) is 6.80. The van der Waals surface area contributed by atoms with E-state index < -0.39 is 52.0 Å². The zero-order valence-electron chi connectivity index (χ0n) is 18.3. The van der Waals surface area contributed by atoms with Gasteiger partial charge in [0, 0.05) is 43.4 Å². The zero-order valence-corrected chi connectivity index (χ0v) is 18.3. The minimum atomic E-state index is -1.06. The summed E-state index contributed by atoms with van der Waals surface area (Å²) in [4.78, 5) is 40.5. The van der Waals surface area contributed by atoms with E-state index in [0.717, 1.165) is 6.07 Å². The first kappa shape index (κ1) is 22.5. The van der Waals surface area contributed by atoms with Gasteiger partial charge in [-0.25, -0.2) is 8.78 Å². The molecule has 0 aliphatic carbocycles. The molecule has 1 aromatic heterocycles. The summed E-state index contributed by atoms with van der Waals surface area (Å²) < 4.78 is 40.4. The van der Waals surface area contributed by atoms with Gasteiger partial charge in [0.05, 0.1) is 13.2 Å². The molecule has 2 saturated heterocycles. The largest absolute Gasteiger partial charge is 0.503 e. The summed E-state index contributed by atoms with van der Waals surface area (Å²) in [6.07, 6.45) is 2.30. The highest BCUT2D eigenvalue weighted by Gasteiger charge is 2.53. The molecule has 34 heavy (non-hydrogen) atoms. The van der Waals surface area contributed by atoms with Gasteiger partial charge >= 0.3 is 0 Å². The van der Waals surface area contributed by atoms with Crippen molar-refractivity contribution in [3.05, 3.63) is 63.1 Å². The van der Waals surface area contributed by atoms with Crippen LogP contribution in [0.4, 0.5) is 8.78 Å². The quantitative estimate of drug-likeness (QED) is 0.699. The fourth-order valence-corrected chi connectivity index (χ4v) is 4.94. The molecule has 11 heteroatoms. The Kier molecular flexibility index (Phi) is 5.40. The molecule has 3 aliphatic heterocycles. The normalized spacial score (nSPS) is 23.0. The van der Waals surface area contributed by atoms with Crippen molar-refractivity contribution in [2.24, 2.45) is 0 Å². The molecule has 180 valence electrons. The third kappa shape index (κ3) is 3.46. The van der Waals surface area contributed by atoms with Crippen molar-refractivity contribution in [1.82, 2.24) is 14.8 Å². The number of nitrogens with one attached hydrogen (secondary N) is 1. The molecule has 0 saturated carbocycles. The van der Waals surface area contributed by atoms with E-state index in [9.17, 15) is 28.3 Å². The lowest BCUT2D eigenvalue weighted by atomic mass is 9.99. The first-order chi connectivity index (χ1) is 16.2. The fraction of sp³-hybridized carbons (Fsp3) is 0.435. The minimum absolute atomic E-state index is 0.0207. The van der Waals surface area contributed by atoms with Crippen LogP contribution in [0.15, 0.2) is 29.2 Å². The molecule has 9 nitrogen and oxygen atoms in total. The SMILES string of the molecule is CC1CCC2(OCCO2)C2CN1C(=O)c1c(O)c(=O)c(C(=O)NCc3ccc(F)cc3F)cn12. The molecule has 0 radical (unpaired) electrons. The van der Waals surface area contributed by atoms with E-state index >= 15 is 0 Å². The monoisotopic (exact) mass is 475 g/mol. The molecule has 4 heterocycles. The molecule has 2 bridgehead atoms. The summed E-state index contributed by atoms with van der Waals surface area (Å²) in [5, 5.41) is 13.1. The van der Waals surface area contributed by atoms with Gasteiger partial charge in [0.25, 0.3) is 11.8 Å². The Morgan fingerprint density at radius 2 is 2.00 bits per heavy atom. The van der Waals surface area contributed by atoms with Crippen LogP contribution in [0.3, 0.4) is 0 Å². The van der Waals surface area contributed by atoms with Gasteiger partial charge in [-0.05, 0) is 19.4 Å². The van der Waals surface area contributed by atoms with Crippen LogP contribution in [0.5, 0.6) is 5.75 Å². The number of fused-ring (bicyclic) bond motifs is 5.